The first kappa shape index (κ1) is 16.4. The Hall–Kier alpha value is -2.43. The second-order valence-electron chi connectivity index (χ2n) is 6.16. The molecular weight excluding hydrogens is 303 g/mol. The van der Waals surface area contributed by atoms with Crippen molar-refractivity contribution in [3.63, 3.8) is 0 Å². The van der Waals surface area contributed by atoms with E-state index in [1.165, 1.54) is 6.07 Å². The van der Waals surface area contributed by atoms with Gasteiger partial charge in [-0.3, -0.25) is 4.98 Å². The zero-order chi connectivity index (χ0) is 16.8. The van der Waals surface area contributed by atoms with E-state index >= 15 is 0 Å². The van der Waals surface area contributed by atoms with Gasteiger partial charge in [-0.15, -0.1) is 0 Å². The molecule has 1 saturated carbocycles. The number of aromatic nitrogens is 1. The molecule has 5 heteroatoms. The lowest BCUT2D eigenvalue weighted by atomic mass is 9.96. The maximum absolute atomic E-state index is 13.5. The Morgan fingerprint density at radius 3 is 2.75 bits per heavy atom. The van der Waals surface area contributed by atoms with Gasteiger partial charge in [0.1, 0.15) is 5.82 Å². The van der Waals surface area contributed by atoms with Gasteiger partial charge in [-0.2, -0.15) is 0 Å². The average molecular weight is 326 g/mol. The van der Waals surface area contributed by atoms with E-state index in [0.29, 0.717) is 6.54 Å². The van der Waals surface area contributed by atoms with Crippen LogP contribution in [0.25, 0.3) is 0 Å². The van der Waals surface area contributed by atoms with Crippen molar-refractivity contribution in [1.29, 1.82) is 0 Å². The van der Waals surface area contributed by atoms with E-state index in [4.69, 9.17) is 0 Å². The number of aliphatic imine (C=N–C) groups is 1. The Labute approximate surface area is 142 Å². The molecule has 0 unspecified atom stereocenters. The molecule has 3 rings (SSSR count). The van der Waals surface area contributed by atoms with Crippen LogP contribution in [0.15, 0.2) is 53.7 Å². The molecule has 24 heavy (non-hydrogen) atoms. The summed E-state index contributed by atoms with van der Waals surface area (Å²) in [6.45, 7) is 4.12. The molecule has 1 aromatic heterocycles. The van der Waals surface area contributed by atoms with Gasteiger partial charge >= 0.3 is 0 Å². The van der Waals surface area contributed by atoms with Gasteiger partial charge in [0.15, 0.2) is 5.96 Å². The standard InChI is InChI=1S/C19H23FN4/c1-2-21-18(23-13-17-8-3-4-11-22-17)24-14-19(9-10-19)15-6-5-7-16(20)12-15/h3-8,11-12H,2,9-10,13-14H2,1H3,(H2,21,23,24). The topological polar surface area (TPSA) is 49.3 Å². The number of hydrogen-bond acceptors (Lipinski definition) is 2. The maximum atomic E-state index is 13.5. The zero-order valence-corrected chi connectivity index (χ0v) is 13.9. The van der Waals surface area contributed by atoms with Crippen molar-refractivity contribution < 1.29 is 4.39 Å². The van der Waals surface area contributed by atoms with E-state index in [0.717, 1.165) is 43.1 Å². The maximum Gasteiger partial charge on any atom is 0.191 e. The SMILES string of the molecule is CCNC(=NCc1ccccn1)NCC1(c2cccc(F)c2)CC1. The van der Waals surface area contributed by atoms with Crippen LogP contribution in [0, 0.1) is 5.82 Å². The summed E-state index contributed by atoms with van der Waals surface area (Å²) in [5.74, 6) is 0.598. The molecule has 1 aliphatic rings. The average Bonchev–Trinajstić information content (AvgIpc) is 3.40. The van der Waals surface area contributed by atoms with Gasteiger partial charge in [-0.1, -0.05) is 18.2 Å². The number of benzene rings is 1. The largest absolute Gasteiger partial charge is 0.357 e. The third kappa shape index (κ3) is 4.10. The Kier molecular flexibility index (Phi) is 5.08. The highest BCUT2D eigenvalue weighted by molar-refractivity contribution is 5.79. The summed E-state index contributed by atoms with van der Waals surface area (Å²) in [6.07, 6.45) is 3.92. The Morgan fingerprint density at radius 1 is 1.21 bits per heavy atom. The number of nitrogens with zero attached hydrogens (tertiary/aromatic N) is 2. The minimum absolute atomic E-state index is 0.0310. The fourth-order valence-electron chi connectivity index (χ4n) is 2.78. The van der Waals surface area contributed by atoms with Crippen LogP contribution in [0.1, 0.15) is 31.0 Å². The van der Waals surface area contributed by atoms with Crippen LogP contribution in [-0.2, 0) is 12.0 Å². The summed E-state index contributed by atoms with van der Waals surface area (Å²) in [5, 5.41) is 6.65. The van der Waals surface area contributed by atoms with Gasteiger partial charge in [-0.25, -0.2) is 9.38 Å². The van der Waals surface area contributed by atoms with Crippen LogP contribution in [0.3, 0.4) is 0 Å². The summed E-state index contributed by atoms with van der Waals surface area (Å²) in [6, 6.07) is 12.7. The molecule has 0 aliphatic heterocycles. The highest BCUT2D eigenvalue weighted by Gasteiger charge is 2.44. The smallest absolute Gasteiger partial charge is 0.191 e. The van der Waals surface area contributed by atoms with Crippen LogP contribution in [-0.4, -0.2) is 24.0 Å². The van der Waals surface area contributed by atoms with E-state index in [2.05, 4.69) is 20.6 Å². The van der Waals surface area contributed by atoms with Crippen LogP contribution in [0.4, 0.5) is 4.39 Å². The van der Waals surface area contributed by atoms with Crippen molar-refractivity contribution in [2.75, 3.05) is 13.1 Å². The Balaban J connectivity index is 1.64. The molecule has 1 aromatic carbocycles. The van der Waals surface area contributed by atoms with E-state index in [-0.39, 0.29) is 11.2 Å². The van der Waals surface area contributed by atoms with Crippen molar-refractivity contribution in [3.05, 3.63) is 65.7 Å². The first-order valence-electron chi connectivity index (χ1n) is 8.40. The summed E-state index contributed by atoms with van der Waals surface area (Å²) in [7, 11) is 0. The molecule has 1 aliphatic carbocycles. The van der Waals surface area contributed by atoms with Crippen LogP contribution in [0.5, 0.6) is 0 Å². The molecular formula is C19H23FN4. The number of hydrogen-bond donors (Lipinski definition) is 2. The lowest BCUT2D eigenvalue weighted by Crippen LogP contribution is -2.41. The van der Waals surface area contributed by atoms with Crippen LogP contribution in [0.2, 0.25) is 0 Å². The van der Waals surface area contributed by atoms with Gasteiger partial charge in [0.25, 0.3) is 0 Å². The molecule has 0 atom stereocenters. The van der Waals surface area contributed by atoms with Gasteiger partial charge < -0.3 is 10.6 Å². The van der Waals surface area contributed by atoms with E-state index in [1.807, 2.05) is 31.2 Å². The van der Waals surface area contributed by atoms with E-state index in [1.54, 1.807) is 18.3 Å². The third-order valence-electron chi connectivity index (χ3n) is 4.35. The molecule has 1 fully saturated rings. The monoisotopic (exact) mass is 326 g/mol. The normalized spacial score (nSPS) is 15.8. The number of pyridine rings is 1. The molecule has 1 heterocycles. The summed E-state index contributed by atoms with van der Waals surface area (Å²) >= 11 is 0. The minimum Gasteiger partial charge on any atom is -0.357 e. The molecule has 0 saturated heterocycles. The van der Waals surface area contributed by atoms with Crippen molar-refractivity contribution >= 4 is 5.96 Å². The third-order valence-corrected chi connectivity index (χ3v) is 4.35. The lowest BCUT2D eigenvalue weighted by molar-refractivity contribution is 0.607. The predicted octanol–water partition coefficient (Wildman–Crippen LogP) is 3.01. The second-order valence-corrected chi connectivity index (χ2v) is 6.16. The second kappa shape index (κ2) is 7.43. The van der Waals surface area contributed by atoms with Crippen LogP contribution < -0.4 is 10.6 Å². The first-order chi connectivity index (χ1) is 11.7. The number of rotatable bonds is 6. The van der Waals surface area contributed by atoms with Crippen molar-refractivity contribution in [2.45, 2.75) is 31.7 Å². The number of nitrogens with one attached hydrogen (secondary N) is 2. The minimum atomic E-state index is -0.172. The van der Waals surface area contributed by atoms with Crippen molar-refractivity contribution in [3.8, 4) is 0 Å². The highest BCUT2D eigenvalue weighted by atomic mass is 19.1. The molecule has 126 valence electrons. The van der Waals surface area contributed by atoms with E-state index in [9.17, 15) is 4.39 Å². The Bertz CT molecular complexity index is 696. The van der Waals surface area contributed by atoms with Gasteiger partial charge in [0.2, 0.25) is 0 Å². The molecule has 0 radical (unpaired) electrons. The molecule has 0 bridgehead atoms. The zero-order valence-electron chi connectivity index (χ0n) is 13.9. The van der Waals surface area contributed by atoms with Crippen LogP contribution >= 0.6 is 0 Å². The van der Waals surface area contributed by atoms with E-state index < -0.39 is 0 Å². The van der Waals surface area contributed by atoms with Gasteiger partial charge in [0.05, 0.1) is 12.2 Å². The first-order valence-corrected chi connectivity index (χ1v) is 8.40. The van der Waals surface area contributed by atoms with Crippen molar-refractivity contribution in [1.82, 2.24) is 15.6 Å². The molecule has 0 amide bonds. The molecule has 0 spiro atoms. The molecule has 4 nitrogen and oxygen atoms in total. The fourth-order valence-corrected chi connectivity index (χ4v) is 2.78. The molecule has 2 N–H and O–H groups in total. The predicted molar refractivity (Wildman–Crippen MR) is 94.4 cm³/mol. The Morgan fingerprint density at radius 2 is 2.08 bits per heavy atom. The van der Waals surface area contributed by atoms with Crippen molar-refractivity contribution in [2.24, 2.45) is 4.99 Å². The summed E-state index contributed by atoms with van der Waals surface area (Å²) < 4.78 is 13.5. The summed E-state index contributed by atoms with van der Waals surface area (Å²) in [5.41, 5.74) is 2.03. The quantitative estimate of drug-likeness (QED) is 0.634. The number of halogens is 1. The van der Waals surface area contributed by atoms with Gasteiger partial charge in [0, 0.05) is 24.7 Å². The molecule has 2 aromatic rings. The lowest BCUT2D eigenvalue weighted by Gasteiger charge is -2.19. The fraction of sp³-hybridized carbons (Fsp3) is 0.368. The highest BCUT2D eigenvalue weighted by Crippen LogP contribution is 2.47. The van der Waals surface area contributed by atoms with Gasteiger partial charge in [-0.05, 0) is 49.6 Å². The summed E-state index contributed by atoms with van der Waals surface area (Å²) in [4.78, 5) is 8.87. The number of guanidine groups is 1.